The molecule has 2 aromatic carbocycles. The lowest BCUT2D eigenvalue weighted by Gasteiger charge is -2.33. The van der Waals surface area contributed by atoms with Gasteiger partial charge in [-0.25, -0.2) is 0 Å². The van der Waals surface area contributed by atoms with Crippen LogP contribution in [0.25, 0.3) is 22.5 Å². The third-order valence-electron chi connectivity index (χ3n) is 7.30. The van der Waals surface area contributed by atoms with Crippen LogP contribution in [0.5, 0.6) is 0 Å². The van der Waals surface area contributed by atoms with Crippen molar-refractivity contribution in [3.8, 4) is 22.5 Å². The number of nitrogens with one attached hydrogen (secondary N) is 1. The van der Waals surface area contributed by atoms with Crippen molar-refractivity contribution in [2.75, 3.05) is 13.1 Å². The molecule has 6 heteroatoms. The molecule has 1 spiro atoms. The molecule has 1 amide bonds. The molecule has 2 aliphatic carbocycles. The summed E-state index contributed by atoms with van der Waals surface area (Å²) in [5, 5.41) is 14.3. The molecular formula is C24H25N5O. The third kappa shape index (κ3) is 3.11. The van der Waals surface area contributed by atoms with Crippen molar-refractivity contribution in [2.45, 2.75) is 38.0 Å². The Labute approximate surface area is 175 Å². The van der Waals surface area contributed by atoms with E-state index in [4.69, 9.17) is 0 Å². The van der Waals surface area contributed by atoms with Gasteiger partial charge in [-0.3, -0.25) is 4.79 Å². The van der Waals surface area contributed by atoms with Crippen LogP contribution in [0.15, 0.2) is 48.5 Å². The maximum Gasteiger partial charge on any atom is 0.225 e. The first kappa shape index (κ1) is 17.8. The van der Waals surface area contributed by atoms with E-state index in [0.29, 0.717) is 29.0 Å². The van der Waals surface area contributed by atoms with E-state index < -0.39 is 0 Å². The van der Waals surface area contributed by atoms with Gasteiger partial charge >= 0.3 is 0 Å². The molecular weight excluding hydrogens is 374 g/mol. The number of amides is 1. The average molecular weight is 399 g/mol. The summed E-state index contributed by atoms with van der Waals surface area (Å²) in [7, 11) is 0. The SMILES string of the molecule is O=C(C1CC1)N1CCC2(CC1)C[C@H]2c1ccc(-c2cccc(-c3nn[nH]n3)c2)cc1. The number of likely N-dealkylation sites (tertiary alicyclic amines) is 1. The summed E-state index contributed by atoms with van der Waals surface area (Å²) in [5.41, 5.74) is 5.18. The summed E-state index contributed by atoms with van der Waals surface area (Å²) in [5.74, 6) is 2.02. The third-order valence-corrected chi connectivity index (χ3v) is 7.30. The smallest absolute Gasteiger partial charge is 0.225 e. The molecule has 1 aromatic heterocycles. The summed E-state index contributed by atoms with van der Waals surface area (Å²) in [4.78, 5) is 14.5. The number of H-pyrrole nitrogens is 1. The van der Waals surface area contributed by atoms with Crippen molar-refractivity contribution >= 4 is 5.91 Å². The normalized spacial score (nSPS) is 22.3. The Balaban J connectivity index is 1.14. The number of hydrogen-bond acceptors (Lipinski definition) is 4. The van der Waals surface area contributed by atoms with Crippen LogP contribution in [0.1, 0.15) is 43.6 Å². The minimum atomic E-state index is 0.347. The van der Waals surface area contributed by atoms with Crippen molar-refractivity contribution in [3.63, 3.8) is 0 Å². The van der Waals surface area contributed by atoms with E-state index >= 15 is 0 Å². The Morgan fingerprint density at radius 2 is 1.77 bits per heavy atom. The van der Waals surface area contributed by atoms with Crippen molar-refractivity contribution < 1.29 is 4.79 Å². The highest BCUT2D eigenvalue weighted by molar-refractivity contribution is 5.81. The average Bonchev–Trinajstić information content (AvgIpc) is 3.71. The van der Waals surface area contributed by atoms with Gasteiger partial charge in [-0.05, 0) is 71.4 Å². The minimum absolute atomic E-state index is 0.347. The van der Waals surface area contributed by atoms with Gasteiger partial charge in [0.25, 0.3) is 0 Å². The van der Waals surface area contributed by atoms with Gasteiger partial charge in [0, 0.05) is 24.6 Å². The molecule has 6 rings (SSSR count). The van der Waals surface area contributed by atoms with Gasteiger partial charge in [-0.1, -0.05) is 42.5 Å². The molecule has 0 bridgehead atoms. The fourth-order valence-electron chi connectivity index (χ4n) is 5.16. The molecule has 0 radical (unpaired) electrons. The molecule has 1 aliphatic heterocycles. The molecule has 3 fully saturated rings. The topological polar surface area (TPSA) is 74.8 Å². The standard InChI is InChI=1S/C24H25N5O/c30-23(18-8-9-18)29-12-10-24(11-13-29)15-21(24)17-6-4-16(5-7-17)19-2-1-3-20(14-19)22-25-27-28-26-22/h1-7,14,18,21H,8-13,15H2,(H,25,26,27,28)/t21-/m0/s1. The second kappa shape index (κ2) is 6.76. The molecule has 3 aromatic rings. The van der Waals surface area contributed by atoms with E-state index in [1.54, 1.807) is 0 Å². The highest BCUT2D eigenvalue weighted by Gasteiger charge is 2.55. The van der Waals surface area contributed by atoms with Crippen LogP contribution in [-0.4, -0.2) is 44.5 Å². The lowest BCUT2D eigenvalue weighted by atomic mass is 9.88. The van der Waals surface area contributed by atoms with Gasteiger partial charge in [0.15, 0.2) is 0 Å². The molecule has 2 heterocycles. The van der Waals surface area contributed by atoms with Gasteiger partial charge in [0.1, 0.15) is 0 Å². The molecule has 3 aliphatic rings. The molecule has 1 saturated heterocycles. The van der Waals surface area contributed by atoms with Crippen molar-refractivity contribution in [3.05, 3.63) is 54.1 Å². The molecule has 1 atom stereocenters. The van der Waals surface area contributed by atoms with Gasteiger partial charge < -0.3 is 4.90 Å². The largest absolute Gasteiger partial charge is 0.342 e. The van der Waals surface area contributed by atoms with Crippen LogP contribution in [0, 0.1) is 11.3 Å². The Morgan fingerprint density at radius 3 is 2.47 bits per heavy atom. The number of rotatable bonds is 4. The summed E-state index contributed by atoms with van der Waals surface area (Å²) in [6, 6.07) is 17.3. The monoisotopic (exact) mass is 399 g/mol. The van der Waals surface area contributed by atoms with Crippen LogP contribution < -0.4 is 0 Å². The fourth-order valence-corrected chi connectivity index (χ4v) is 5.16. The summed E-state index contributed by atoms with van der Waals surface area (Å²) < 4.78 is 0. The predicted octanol–water partition coefficient (Wildman–Crippen LogP) is 4.04. The van der Waals surface area contributed by atoms with Gasteiger partial charge in [0.05, 0.1) is 0 Å². The maximum absolute atomic E-state index is 12.3. The minimum Gasteiger partial charge on any atom is -0.342 e. The second-order valence-electron chi connectivity index (χ2n) is 9.16. The summed E-state index contributed by atoms with van der Waals surface area (Å²) in [6.45, 7) is 1.90. The number of aromatic nitrogens is 4. The number of tetrazole rings is 1. The molecule has 2 saturated carbocycles. The first-order valence-corrected chi connectivity index (χ1v) is 10.9. The quantitative estimate of drug-likeness (QED) is 0.718. The Hall–Kier alpha value is -3.02. The number of carbonyl (C=O) groups excluding carboxylic acids is 1. The number of carbonyl (C=O) groups is 1. The number of nitrogens with zero attached hydrogens (tertiary/aromatic N) is 4. The van der Waals surface area contributed by atoms with Gasteiger partial charge in [-0.2, -0.15) is 5.21 Å². The lowest BCUT2D eigenvalue weighted by Crippen LogP contribution is -2.40. The maximum atomic E-state index is 12.3. The van der Waals surface area contributed by atoms with Crippen molar-refractivity contribution in [1.29, 1.82) is 0 Å². The fraction of sp³-hybridized carbons (Fsp3) is 0.417. The van der Waals surface area contributed by atoms with E-state index in [1.807, 2.05) is 12.1 Å². The zero-order chi connectivity index (χ0) is 20.1. The van der Waals surface area contributed by atoms with Crippen molar-refractivity contribution in [1.82, 2.24) is 25.5 Å². The van der Waals surface area contributed by atoms with Crippen LogP contribution in [-0.2, 0) is 4.79 Å². The van der Waals surface area contributed by atoms with Crippen molar-refractivity contribution in [2.24, 2.45) is 11.3 Å². The molecule has 1 N–H and O–H groups in total. The Morgan fingerprint density at radius 1 is 1.00 bits per heavy atom. The lowest BCUT2D eigenvalue weighted by molar-refractivity contribution is -0.134. The van der Waals surface area contributed by atoms with E-state index in [-0.39, 0.29) is 0 Å². The van der Waals surface area contributed by atoms with Gasteiger partial charge in [-0.15, -0.1) is 10.2 Å². The first-order valence-electron chi connectivity index (χ1n) is 10.9. The first-order chi connectivity index (χ1) is 14.7. The van der Waals surface area contributed by atoms with E-state index in [2.05, 4.69) is 61.9 Å². The number of aromatic amines is 1. The van der Waals surface area contributed by atoms with E-state index in [0.717, 1.165) is 49.9 Å². The molecule has 6 nitrogen and oxygen atoms in total. The van der Waals surface area contributed by atoms with E-state index in [9.17, 15) is 4.79 Å². The number of benzene rings is 2. The number of hydrogen-bond donors (Lipinski definition) is 1. The molecule has 152 valence electrons. The predicted molar refractivity (Wildman–Crippen MR) is 113 cm³/mol. The highest BCUT2D eigenvalue weighted by Crippen LogP contribution is 2.65. The Kier molecular flexibility index (Phi) is 4.01. The zero-order valence-corrected chi connectivity index (χ0v) is 16.9. The van der Waals surface area contributed by atoms with Crippen LogP contribution >= 0.6 is 0 Å². The summed E-state index contributed by atoms with van der Waals surface area (Å²) in [6.07, 6.45) is 5.79. The summed E-state index contributed by atoms with van der Waals surface area (Å²) >= 11 is 0. The van der Waals surface area contributed by atoms with Crippen LogP contribution in [0.2, 0.25) is 0 Å². The van der Waals surface area contributed by atoms with Gasteiger partial charge in [0.2, 0.25) is 11.7 Å². The zero-order valence-electron chi connectivity index (χ0n) is 16.9. The second-order valence-corrected chi connectivity index (χ2v) is 9.16. The number of piperidine rings is 1. The highest BCUT2D eigenvalue weighted by atomic mass is 16.2. The van der Waals surface area contributed by atoms with E-state index in [1.165, 1.54) is 17.5 Å². The van der Waals surface area contributed by atoms with Crippen LogP contribution in [0.4, 0.5) is 0 Å². The molecule has 30 heavy (non-hydrogen) atoms. The Bertz CT molecular complexity index is 1060. The van der Waals surface area contributed by atoms with Crippen LogP contribution in [0.3, 0.4) is 0 Å². The molecule has 0 unspecified atom stereocenters.